The van der Waals surface area contributed by atoms with Gasteiger partial charge in [-0.15, -0.1) is 0 Å². The van der Waals surface area contributed by atoms with Crippen LogP contribution in [0.25, 0.3) is 11.3 Å². The van der Waals surface area contributed by atoms with Gasteiger partial charge in [0.15, 0.2) is 5.82 Å². The Morgan fingerprint density at radius 1 is 1.25 bits per heavy atom. The van der Waals surface area contributed by atoms with E-state index in [-0.39, 0.29) is 11.1 Å². The van der Waals surface area contributed by atoms with Gasteiger partial charge in [0, 0.05) is 0 Å². The topological polar surface area (TPSA) is 25.2 Å². The first-order chi connectivity index (χ1) is 9.67. The zero-order valence-electron chi connectivity index (χ0n) is 11.7. The van der Waals surface area contributed by atoms with Crippen molar-refractivity contribution >= 4 is 11.6 Å². The van der Waals surface area contributed by atoms with E-state index in [1.54, 1.807) is 18.2 Å². The highest BCUT2D eigenvalue weighted by molar-refractivity contribution is 6.31. The minimum absolute atomic E-state index is 0.108. The number of furan rings is 1. The SMILES string of the molecule is CCCNC(CC)c1ccc(-c2cccc(Cl)c2F)o1. The Labute approximate surface area is 123 Å². The molecule has 0 aliphatic heterocycles. The van der Waals surface area contributed by atoms with E-state index in [1.165, 1.54) is 6.07 Å². The second kappa shape index (κ2) is 6.91. The highest BCUT2D eigenvalue weighted by atomic mass is 35.5. The highest BCUT2D eigenvalue weighted by Gasteiger charge is 2.16. The molecule has 0 radical (unpaired) electrons. The standard InChI is InChI=1S/C16H19ClFNO/c1-3-10-19-13(4-2)15-9-8-14(20-15)11-6-5-7-12(17)16(11)18/h5-9,13,19H,3-4,10H2,1-2H3. The molecule has 2 rings (SSSR count). The molecule has 1 heterocycles. The fourth-order valence-corrected chi connectivity index (χ4v) is 2.32. The molecule has 0 saturated carbocycles. The molecule has 0 saturated heterocycles. The fraction of sp³-hybridized carbons (Fsp3) is 0.375. The summed E-state index contributed by atoms with van der Waals surface area (Å²) in [5.74, 6) is 0.900. The van der Waals surface area contributed by atoms with Gasteiger partial charge >= 0.3 is 0 Å². The molecule has 1 N–H and O–H groups in total. The van der Waals surface area contributed by atoms with Gasteiger partial charge in [0.2, 0.25) is 0 Å². The van der Waals surface area contributed by atoms with Crippen LogP contribution < -0.4 is 5.32 Å². The summed E-state index contributed by atoms with van der Waals surface area (Å²) in [5, 5.41) is 3.52. The van der Waals surface area contributed by atoms with Crippen molar-refractivity contribution < 1.29 is 8.81 Å². The van der Waals surface area contributed by atoms with Crippen molar-refractivity contribution in [3.63, 3.8) is 0 Å². The van der Waals surface area contributed by atoms with E-state index < -0.39 is 5.82 Å². The van der Waals surface area contributed by atoms with Gasteiger partial charge in [0.1, 0.15) is 11.5 Å². The lowest BCUT2D eigenvalue weighted by molar-refractivity contribution is 0.410. The van der Waals surface area contributed by atoms with Crippen molar-refractivity contribution in [3.8, 4) is 11.3 Å². The van der Waals surface area contributed by atoms with E-state index in [9.17, 15) is 4.39 Å². The first kappa shape index (κ1) is 15.1. The average molecular weight is 296 g/mol. The van der Waals surface area contributed by atoms with Crippen LogP contribution in [0.4, 0.5) is 4.39 Å². The van der Waals surface area contributed by atoms with Crippen LogP contribution in [-0.2, 0) is 0 Å². The maximum absolute atomic E-state index is 14.0. The molecule has 0 amide bonds. The minimum Gasteiger partial charge on any atom is -0.459 e. The van der Waals surface area contributed by atoms with Crippen LogP contribution >= 0.6 is 11.6 Å². The zero-order chi connectivity index (χ0) is 14.5. The van der Waals surface area contributed by atoms with Crippen LogP contribution in [0.2, 0.25) is 5.02 Å². The van der Waals surface area contributed by atoms with Gasteiger partial charge in [-0.05, 0) is 43.7 Å². The van der Waals surface area contributed by atoms with Gasteiger partial charge < -0.3 is 9.73 Å². The van der Waals surface area contributed by atoms with Gasteiger partial charge in [0.05, 0.1) is 16.6 Å². The summed E-state index contributed by atoms with van der Waals surface area (Å²) < 4.78 is 19.8. The maximum Gasteiger partial charge on any atom is 0.152 e. The van der Waals surface area contributed by atoms with Crippen molar-refractivity contribution in [3.05, 3.63) is 46.9 Å². The summed E-state index contributed by atoms with van der Waals surface area (Å²) in [6.45, 7) is 5.14. The Kier molecular flexibility index (Phi) is 5.21. The summed E-state index contributed by atoms with van der Waals surface area (Å²) in [6.07, 6.45) is 1.98. The van der Waals surface area contributed by atoms with Crippen molar-refractivity contribution in [2.24, 2.45) is 0 Å². The third-order valence-corrected chi connectivity index (χ3v) is 3.53. The van der Waals surface area contributed by atoms with E-state index in [1.807, 2.05) is 6.07 Å². The number of benzene rings is 1. The lowest BCUT2D eigenvalue weighted by atomic mass is 10.1. The number of hydrogen-bond acceptors (Lipinski definition) is 2. The molecule has 1 aromatic heterocycles. The summed E-state index contributed by atoms with van der Waals surface area (Å²) >= 11 is 5.80. The fourth-order valence-electron chi connectivity index (χ4n) is 2.14. The Balaban J connectivity index is 2.26. The molecule has 1 unspecified atom stereocenters. The van der Waals surface area contributed by atoms with Gasteiger partial charge in [-0.3, -0.25) is 0 Å². The Bertz CT molecular complexity index is 567. The molecule has 1 atom stereocenters. The molecule has 0 aliphatic carbocycles. The van der Waals surface area contributed by atoms with Crippen LogP contribution in [0.1, 0.15) is 38.5 Å². The lowest BCUT2D eigenvalue weighted by Crippen LogP contribution is -2.20. The quantitative estimate of drug-likeness (QED) is 0.793. The molecule has 2 aromatic rings. The maximum atomic E-state index is 14.0. The first-order valence-corrected chi connectivity index (χ1v) is 7.32. The smallest absolute Gasteiger partial charge is 0.152 e. The van der Waals surface area contributed by atoms with Crippen LogP contribution in [0.15, 0.2) is 34.7 Å². The molecule has 108 valence electrons. The van der Waals surface area contributed by atoms with Crippen molar-refractivity contribution in [1.29, 1.82) is 0 Å². The first-order valence-electron chi connectivity index (χ1n) is 6.94. The molecular weight excluding hydrogens is 277 g/mol. The minimum atomic E-state index is -0.440. The summed E-state index contributed by atoms with van der Waals surface area (Å²) in [6, 6.07) is 8.76. The van der Waals surface area contributed by atoms with Crippen LogP contribution in [-0.4, -0.2) is 6.54 Å². The van der Waals surface area contributed by atoms with Crippen LogP contribution in [0.5, 0.6) is 0 Å². The van der Waals surface area contributed by atoms with Crippen LogP contribution in [0.3, 0.4) is 0 Å². The van der Waals surface area contributed by atoms with Crippen LogP contribution in [0, 0.1) is 5.82 Å². The number of nitrogens with one attached hydrogen (secondary N) is 1. The van der Waals surface area contributed by atoms with Gasteiger partial charge in [-0.2, -0.15) is 0 Å². The highest BCUT2D eigenvalue weighted by Crippen LogP contribution is 2.31. The average Bonchev–Trinajstić information content (AvgIpc) is 2.92. The largest absolute Gasteiger partial charge is 0.459 e. The van der Waals surface area contributed by atoms with Crippen molar-refractivity contribution in [2.45, 2.75) is 32.7 Å². The molecule has 0 spiro atoms. The van der Waals surface area contributed by atoms with E-state index in [0.29, 0.717) is 11.3 Å². The monoisotopic (exact) mass is 295 g/mol. The summed E-state index contributed by atoms with van der Waals surface area (Å²) in [5.41, 5.74) is 0.397. The number of halogens is 2. The third-order valence-electron chi connectivity index (χ3n) is 3.24. The summed E-state index contributed by atoms with van der Waals surface area (Å²) in [7, 11) is 0. The molecule has 2 nitrogen and oxygen atoms in total. The summed E-state index contributed by atoms with van der Waals surface area (Å²) in [4.78, 5) is 0. The molecule has 1 aromatic carbocycles. The van der Waals surface area contributed by atoms with Crippen molar-refractivity contribution in [1.82, 2.24) is 5.32 Å². The van der Waals surface area contributed by atoms with Gasteiger partial charge in [-0.25, -0.2) is 4.39 Å². The predicted octanol–water partition coefficient (Wildman–Crippen LogP) is 5.19. The van der Waals surface area contributed by atoms with Gasteiger partial charge in [-0.1, -0.05) is 31.5 Å². The molecule has 0 aliphatic rings. The third kappa shape index (κ3) is 3.22. The Morgan fingerprint density at radius 2 is 2.05 bits per heavy atom. The Morgan fingerprint density at radius 3 is 2.75 bits per heavy atom. The second-order valence-corrected chi connectivity index (χ2v) is 5.13. The predicted molar refractivity (Wildman–Crippen MR) is 80.4 cm³/mol. The number of hydrogen-bond donors (Lipinski definition) is 1. The van der Waals surface area contributed by atoms with E-state index in [0.717, 1.165) is 25.1 Å². The lowest BCUT2D eigenvalue weighted by Gasteiger charge is -2.13. The number of rotatable bonds is 6. The second-order valence-electron chi connectivity index (χ2n) is 4.72. The molecule has 4 heteroatoms. The molecular formula is C16H19ClFNO. The van der Waals surface area contributed by atoms with E-state index in [4.69, 9.17) is 16.0 Å². The zero-order valence-corrected chi connectivity index (χ0v) is 12.5. The van der Waals surface area contributed by atoms with E-state index >= 15 is 0 Å². The molecule has 20 heavy (non-hydrogen) atoms. The Hall–Kier alpha value is -1.32. The molecule has 0 bridgehead atoms. The van der Waals surface area contributed by atoms with Gasteiger partial charge in [0.25, 0.3) is 0 Å². The van der Waals surface area contributed by atoms with Crippen molar-refractivity contribution in [2.75, 3.05) is 6.54 Å². The molecule has 0 fully saturated rings. The van der Waals surface area contributed by atoms with E-state index in [2.05, 4.69) is 19.2 Å². The normalized spacial score (nSPS) is 12.6.